The van der Waals surface area contributed by atoms with Crippen LogP contribution in [0.3, 0.4) is 0 Å². The Morgan fingerprint density at radius 1 is 0.912 bits per heavy atom. The number of amides is 1. The lowest BCUT2D eigenvalue weighted by atomic mass is 10.0. The van der Waals surface area contributed by atoms with E-state index >= 15 is 0 Å². The summed E-state index contributed by atoms with van der Waals surface area (Å²) < 4.78 is 28.3. The zero-order chi connectivity index (χ0) is 24.3. The van der Waals surface area contributed by atoms with Crippen LogP contribution in [-0.4, -0.2) is 20.9 Å². The van der Waals surface area contributed by atoms with Crippen molar-refractivity contribution >= 4 is 44.0 Å². The Labute approximate surface area is 205 Å². The topological polar surface area (TPSA) is 66.5 Å². The van der Waals surface area contributed by atoms with E-state index in [1.54, 1.807) is 49.4 Å². The highest BCUT2D eigenvalue weighted by molar-refractivity contribution is 7.92. The predicted molar refractivity (Wildman–Crippen MR) is 138 cm³/mol. The average Bonchev–Trinajstić information content (AvgIpc) is 2.83. The van der Waals surface area contributed by atoms with Gasteiger partial charge in [-0.05, 0) is 60.0 Å². The van der Waals surface area contributed by atoms with E-state index in [0.29, 0.717) is 16.3 Å². The molecule has 0 fully saturated rings. The van der Waals surface area contributed by atoms with Crippen molar-refractivity contribution in [2.45, 2.75) is 25.3 Å². The molecular formula is C27H25ClN2O3S. The molecule has 4 aromatic rings. The summed E-state index contributed by atoms with van der Waals surface area (Å²) in [6.07, 6.45) is 0. The zero-order valence-corrected chi connectivity index (χ0v) is 20.5. The second-order valence-corrected chi connectivity index (χ2v) is 10.5. The molecule has 0 unspecified atom stereocenters. The van der Waals surface area contributed by atoms with Gasteiger partial charge in [-0.25, -0.2) is 8.42 Å². The van der Waals surface area contributed by atoms with Gasteiger partial charge in [-0.2, -0.15) is 0 Å². The Bertz CT molecular complexity index is 1450. The number of anilines is 1. The minimum absolute atomic E-state index is 0.110. The summed E-state index contributed by atoms with van der Waals surface area (Å²) in [5, 5.41) is 5.39. The van der Waals surface area contributed by atoms with E-state index < -0.39 is 15.9 Å². The molecule has 5 nitrogen and oxygen atoms in total. The first kappa shape index (κ1) is 23.8. The Balaban J connectivity index is 1.63. The summed E-state index contributed by atoms with van der Waals surface area (Å²) in [5.74, 6) is -0.414. The molecule has 0 radical (unpaired) electrons. The second-order valence-electron chi connectivity index (χ2n) is 8.17. The molecule has 0 aromatic heterocycles. The highest BCUT2D eigenvalue weighted by atomic mass is 35.5. The first-order valence-electron chi connectivity index (χ1n) is 10.8. The summed E-state index contributed by atoms with van der Waals surface area (Å²) in [6.45, 7) is 3.59. The Morgan fingerprint density at radius 3 is 2.38 bits per heavy atom. The maximum absolute atomic E-state index is 13.6. The largest absolute Gasteiger partial charge is 0.350 e. The number of carbonyl (C=O) groups excluding carboxylic acids is 1. The number of nitrogens with zero attached hydrogens (tertiary/aromatic N) is 1. The van der Waals surface area contributed by atoms with Gasteiger partial charge in [-0.3, -0.25) is 9.10 Å². The molecule has 174 valence electrons. The van der Waals surface area contributed by atoms with Gasteiger partial charge in [0.15, 0.2) is 0 Å². The van der Waals surface area contributed by atoms with Crippen molar-refractivity contribution in [2.75, 3.05) is 10.8 Å². The van der Waals surface area contributed by atoms with E-state index in [0.717, 1.165) is 26.2 Å². The highest BCUT2D eigenvalue weighted by Crippen LogP contribution is 2.29. The van der Waals surface area contributed by atoms with Crippen LogP contribution < -0.4 is 9.62 Å². The fourth-order valence-electron chi connectivity index (χ4n) is 3.82. The van der Waals surface area contributed by atoms with Gasteiger partial charge >= 0.3 is 0 Å². The molecule has 0 spiro atoms. The number of nitrogens with one attached hydrogen (secondary N) is 1. The second kappa shape index (κ2) is 9.87. The predicted octanol–water partition coefficient (Wildman–Crippen LogP) is 5.62. The van der Waals surface area contributed by atoms with Crippen LogP contribution >= 0.6 is 11.6 Å². The molecule has 0 saturated carbocycles. The zero-order valence-electron chi connectivity index (χ0n) is 19.0. The van der Waals surface area contributed by atoms with Crippen molar-refractivity contribution in [1.82, 2.24) is 5.32 Å². The van der Waals surface area contributed by atoms with Crippen LogP contribution in [-0.2, 0) is 21.4 Å². The summed E-state index contributed by atoms with van der Waals surface area (Å²) in [4.78, 5) is 13.1. The maximum Gasteiger partial charge on any atom is 0.264 e. The van der Waals surface area contributed by atoms with Crippen LogP contribution in [0, 0.1) is 13.8 Å². The standard InChI is InChI=1S/C27H25ClN2O3S/c1-19-10-14-24(15-11-19)34(32,33)30(26-16-23(28)13-12-20(26)2)18-27(31)29-17-22-8-5-7-21-6-3-4-9-25(21)22/h3-16H,17-18H2,1-2H3,(H,29,31). The number of sulfonamides is 1. The lowest BCUT2D eigenvalue weighted by Gasteiger charge is -2.26. The maximum atomic E-state index is 13.6. The lowest BCUT2D eigenvalue weighted by Crippen LogP contribution is -2.41. The van der Waals surface area contributed by atoms with Crippen molar-refractivity contribution in [2.24, 2.45) is 0 Å². The molecule has 1 amide bonds. The number of benzene rings is 4. The molecule has 0 aliphatic heterocycles. The molecule has 4 aromatic carbocycles. The number of hydrogen-bond acceptors (Lipinski definition) is 3. The third kappa shape index (κ3) is 5.08. The van der Waals surface area contributed by atoms with Gasteiger partial charge in [-0.15, -0.1) is 0 Å². The quantitative estimate of drug-likeness (QED) is 0.364. The summed E-state index contributed by atoms with van der Waals surface area (Å²) in [7, 11) is -4.01. The Morgan fingerprint density at radius 2 is 1.62 bits per heavy atom. The van der Waals surface area contributed by atoms with Gasteiger partial charge in [0.2, 0.25) is 5.91 Å². The van der Waals surface area contributed by atoms with Crippen molar-refractivity contribution in [1.29, 1.82) is 0 Å². The van der Waals surface area contributed by atoms with Gasteiger partial charge in [0.25, 0.3) is 10.0 Å². The third-order valence-electron chi connectivity index (χ3n) is 5.69. The lowest BCUT2D eigenvalue weighted by molar-refractivity contribution is -0.119. The van der Waals surface area contributed by atoms with E-state index in [1.807, 2.05) is 49.4 Å². The van der Waals surface area contributed by atoms with Crippen molar-refractivity contribution in [3.05, 3.63) is 107 Å². The molecule has 7 heteroatoms. The van der Waals surface area contributed by atoms with E-state index in [9.17, 15) is 13.2 Å². The Hall–Kier alpha value is -3.35. The SMILES string of the molecule is Cc1ccc(S(=O)(=O)N(CC(=O)NCc2cccc3ccccc23)c2cc(Cl)ccc2C)cc1. The van der Waals surface area contributed by atoms with Crippen LogP contribution in [0.1, 0.15) is 16.7 Å². The van der Waals surface area contributed by atoms with Gasteiger partial charge in [-0.1, -0.05) is 77.8 Å². The minimum atomic E-state index is -4.01. The number of rotatable bonds is 7. The number of hydrogen-bond donors (Lipinski definition) is 1. The fourth-order valence-corrected chi connectivity index (χ4v) is 5.46. The van der Waals surface area contributed by atoms with Crippen LogP contribution in [0.4, 0.5) is 5.69 Å². The van der Waals surface area contributed by atoms with E-state index in [-0.39, 0.29) is 18.0 Å². The molecule has 0 aliphatic carbocycles. The molecule has 0 atom stereocenters. The fraction of sp³-hybridized carbons (Fsp3) is 0.148. The summed E-state index contributed by atoms with van der Waals surface area (Å²) in [6, 6.07) is 25.4. The number of halogens is 1. The summed E-state index contributed by atoms with van der Waals surface area (Å²) in [5.41, 5.74) is 2.96. The first-order chi connectivity index (χ1) is 16.3. The summed E-state index contributed by atoms with van der Waals surface area (Å²) >= 11 is 6.19. The van der Waals surface area contributed by atoms with Crippen LogP contribution in [0.15, 0.2) is 89.8 Å². The molecular weight excluding hydrogens is 468 g/mol. The van der Waals surface area contributed by atoms with Gasteiger partial charge < -0.3 is 5.32 Å². The van der Waals surface area contributed by atoms with Gasteiger partial charge in [0.1, 0.15) is 6.54 Å². The van der Waals surface area contributed by atoms with E-state index in [4.69, 9.17) is 11.6 Å². The third-order valence-corrected chi connectivity index (χ3v) is 7.70. The smallest absolute Gasteiger partial charge is 0.264 e. The molecule has 1 N–H and O–H groups in total. The number of carbonyl (C=O) groups is 1. The molecule has 0 heterocycles. The molecule has 0 bridgehead atoms. The van der Waals surface area contributed by atoms with Crippen LogP contribution in [0.2, 0.25) is 5.02 Å². The van der Waals surface area contributed by atoms with Crippen molar-refractivity contribution in [3.8, 4) is 0 Å². The molecule has 4 rings (SSSR count). The average molecular weight is 493 g/mol. The van der Waals surface area contributed by atoms with Crippen molar-refractivity contribution < 1.29 is 13.2 Å². The minimum Gasteiger partial charge on any atom is -0.350 e. The van der Waals surface area contributed by atoms with Crippen molar-refractivity contribution in [3.63, 3.8) is 0 Å². The monoisotopic (exact) mass is 492 g/mol. The molecule has 34 heavy (non-hydrogen) atoms. The van der Waals surface area contributed by atoms with Gasteiger partial charge in [0.05, 0.1) is 10.6 Å². The normalized spacial score (nSPS) is 11.4. The number of aryl methyl sites for hydroxylation is 2. The van der Waals surface area contributed by atoms with Crippen LogP contribution in [0.5, 0.6) is 0 Å². The van der Waals surface area contributed by atoms with E-state index in [1.165, 1.54) is 0 Å². The highest BCUT2D eigenvalue weighted by Gasteiger charge is 2.28. The van der Waals surface area contributed by atoms with E-state index in [2.05, 4.69) is 5.32 Å². The first-order valence-corrected chi connectivity index (χ1v) is 12.7. The Kier molecular flexibility index (Phi) is 6.91. The number of fused-ring (bicyclic) bond motifs is 1. The molecule has 0 aliphatic rings. The van der Waals surface area contributed by atoms with Crippen LogP contribution in [0.25, 0.3) is 10.8 Å². The van der Waals surface area contributed by atoms with Gasteiger partial charge in [0, 0.05) is 11.6 Å². The molecule has 0 saturated heterocycles.